The minimum atomic E-state index is -1.53. The summed E-state index contributed by atoms with van der Waals surface area (Å²) in [6.45, 7) is 5.70. The Morgan fingerprint density at radius 3 is 1.39 bits per heavy atom. The van der Waals surface area contributed by atoms with Crippen LogP contribution in [0.15, 0.2) is 33.5 Å². The fourth-order valence-electron chi connectivity index (χ4n) is 6.39. The summed E-state index contributed by atoms with van der Waals surface area (Å²) in [4.78, 5) is 86.1. The number of esters is 6. The molecule has 0 N–H and O–H groups in total. The van der Waals surface area contributed by atoms with Crippen LogP contribution in [-0.4, -0.2) is 98.2 Å². The normalized spacial score (nSPS) is 29.5. The van der Waals surface area contributed by atoms with E-state index < -0.39 is 116 Å². The summed E-state index contributed by atoms with van der Waals surface area (Å²) in [5.41, 5.74) is -0.573. The highest BCUT2D eigenvalue weighted by molar-refractivity contribution is 5.80. The van der Waals surface area contributed by atoms with Gasteiger partial charge in [0, 0.05) is 59.1 Å². The molecule has 4 heterocycles. The first-order valence-corrected chi connectivity index (χ1v) is 15.8. The molecule has 18 nitrogen and oxygen atoms in total. The van der Waals surface area contributed by atoms with Crippen molar-refractivity contribution < 1.29 is 80.6 Å². The van der Waals surface area contributed by atoms with Gasteiger partial charge in [0.15, 0.2) is 35.9 Å². The second-order valence-corrected chi connectivity index (χ2v) is 12.0. The summed E-state index contributed by atoms with van der Waals surface area (Å²) in [7, 11) is 0. The Balaban J connectivity index is 1.75. The van der Waals surface area contributed by atoms with Crippen molar-refractivity contribution in [2.45, 2.75) is 90.7 Å². The van der Waals surface area contributed by atoms with Crippen molar-refractivity contribution in [3.05, 3.63) is 34.7 Å². The van der Waals surface area contributed by atoms with Crippen LogP contribution in [0.25, 0.3) is 11.0 Å². The van der Waals surface area contributed by atoms with Crippen molar-refractivity contribution in [1.29, 1.82) is 0 Å². The molecule has 51 heavy (non-hydrogen) atoms. The summed E-state index contributed by atoms with van der Waals surface area (Å²) in [5, 5.41) is 0.400. The van der Waals surface area contributed by atoms with Gasteiger partial charge in [-0.3, -0.25) is 28.8 Å². The molecule has 0 amide bonds. The van der Waals surface area contributed by atoms with Crippen LogP contribution in [-0.2, 0) is 66.7 Å². The average Bonchev–Trinajstić information content (AvgIpc) is 3.01. The van der Waals surface area contributed by atoms with Gasteiger partial charge in [-0.1, -0.05) is 0 Å². The van der Waals surface area contributed by atoms with E-state index in [4.69, 9.17) is 51.8 Å². The highest BCUT2D eigenvalue weighted by atomic mass is 16.7. The van der Waals surface area contributed by atoms with Crippen LogP contribution in [0.2, 0.25) is 0 Å². The molecular weight excluding hydrogens is 684 g/mol. The molecule has 0 aliphatic carbocycles. The first kappa shape index (κ1) is 37.0. The molecule has 1 aromatic heterocycles. The summed E-state index contributed by atoms with van der Waals surface area (Å²) in [6, 6.07) is 5.48. The standard InChI is InChI=1S/C33H36O18/c1-13(34)41-11-23-28(43-15(3)36)30(45-17(5)38)26-27-31(46-18(6)39)29(44-16(4)37)24(12-42-14(2)35)51-33(27)49-22-10-20-19(7-8-25(40)47-20)9-21(22)48-32(26)50-23/h7-10,23-24,26-33H,11-12H2,1-6H3/t23-,24-,26-,27+,28-,29-,30-,31-,32-,33-/m1/s1. The quantitative estimate of drug-likeness (QED) is 0.211. The van der Waals surface area contributed by atoms with Gasteiger partial charge in [-0.05, 0) is 12.1 Å². The van der Waals surface area contributed by atoms with Crippen molar-refractivity contribution >= 4 is 46.8 Å². The monoisotopic (exact) mass is 720 g/mol. The number of hydrogen-bond donors (Lipinski definition) is 0. The summed E-state index contributed by atoms with van der Waals surface area (Å²) in [5.74, 6) is -7.46. The maximum Gasteiger partial charge on any atom is 0.336 e. The van der Waals surface area contributed by atoms with Crippen LogP contribution < -0.4 is 15.1 Å². The number of rotatable bonds is 8. The molecule has 0 unspecified atom stereocenters. The third-order valence-electron chi connectivity index (χ3n) is 8.11. The molecule has 1 aromatic carbocycles. The zero-order valence-corrected chi connectivity index (χ0v) is 28.3. The topological polar surface area (TPSA) is 225 Å². The Bertz CT molecular complexity index is 1750. The van der Waals surface area contributed by atoms with Crippen molar-refractivity contribution in [2.24, 2.45) is 11.8 Å². The Kier molecular flexibility index (Phi) is 11.1. The van der Waals surface area contributed by atoms with Crippen LogP contribution in [0.4, 0.5) is 0 Å². The number of fused-ring (bicyclic) bond motifs is 5. The van der Waals surface area contributed by atoms with E-state index in [1.165, 1.54) is 24.3 Å². The van der Waals surface area contributed by atoms with Gasteiger partial charge in [0.1, 0.15) is 31.0 Å². The molecule has 0 bridgehead atoms. The third-order valence-corrected chi connectivity index (χ3v) is 8.11. The predicted octanol–water partition coefficient (Wildman–Crippen LogP) is 1.10. The van der Waals surface area contributed by atoms with E-state index in [9.17, 15) is 33.6 Å². The van der Waals surface area contributed by atoms with E-state index in [1.54, 1.807) is 0 Å². The van der Waals surface area contributed by atoms with Crippen LogP contribution in [0.5, 0.6) is 11.5 Å². The van der Waals surface area contributed by atoms with Gasteiger partial charge in [0.2, 0.25) is 12.6 Å². The largest absolute Gasteiger partial charge is 0.463 e. The van der Waals surface area contributed by atoms with Crippen LogP contribution in [0.3, 0.4) is 0 Å². The zero-order chi connectivity index (χ0) is 37.1. The van der Waals surface area contributed by atoms with E-state index in [2.05, 4.69) is 0 Å². The van der Waals surface area contributed by atoms with Gasteiger partial charge in [-0.2, -0.15) is 0 Å². The van der Waals surface area contributed by atoms with E-state index in [0.29, 0.717) is 5.39 Å². The van der Waals surface area contributed by atoms with Gasteiger partial charge in [-0.25, -0.2) is 4.79 Å². The highest BCUT2D eigenvalue weighted by Crippen LogP contribution is 2.48. The number of carbonyl (C=O) groups is 6. The minimum absolute atomic E-state index is 0.00910. The molecule has 5 rings (SSSR count). The minimum Gasteiger partial charge on any atom is -0.463 e. The first-order valence-electron chi connectivity index (χ1n) is 15.8. The van der Waals surface area contributed by atoms with Gasteiger partial charge in [0.05, 0.1) is 11.8 Å². The Hall–Kier alpha value is -5.23. The highest BCUT2D eigenvalue weighted by Gasteiger charge is 2.63. The van der Waals surface area contributed by atoms with Gasteiger partial charge >= 0.3 is 41.4 Å². The molecule has 0 spiro atoms. The summed E-state index contributed by atoms with van der Waals surface area (Å²) >= 11 is 0. The third kappa shape index (κ3) is 8.57. The molecule has 276 valence electrons. The maximum atomic E-state index is 12.7. The van der Waals surface area contributed by atoms with Gasteiger partial charge in [0.25, 0.3) is 0 Å². The van der Waals surface area contributed by atoms with Crippen LogP contribution in [0.1, 0.15) is 41.5 Å². The van der Waals surface area contributed by atoms with Crippen molar-refractivity contribution in [1.82, 2.24) is 0 Å². The average molecular weight is 721 g/mol. The van der Waals surface area contributed by atoms with Crippen molar-refractivity contribution in [3.8, 4) is 11.5 Å². The fraction of sp³-hybridized carbons (Fsp3) is 0.545. The molecule has 3 aliphatic rings. The molecule has 2 fully saturated rings. The second-order valence-electron chi connectivity index (χ2n) is 12.0. The van der Waals surface area contributed by atoms with E-state index in [0.717, 1.165) is 41.5 Å². The molecule has 0 radical (unpaired) electrons. The smallest absolute Gasteiger partial charge is 0.336 e. The molecular formula is C33H36O18. The predicted molar refractivity (Wildman–Crippen MR) is 164 cm³/mol. The molecule has 0 saturated carbocycles. The SMILES string of the molecule is CC(=O)OC[C@H]1O[C@H]2Oc3cc4oc(=O)ccc4cc3O[C@@H]3O[C@H](COC(C)=O)[C@@H](OC(C)=O)[C@H](OC(C)=O)[C@H]3[C@H]2[C@@H](OC(C)=O)[C@@H]1OC(C)=O. The molecule has 2 aromatic rings. The first-order chi connectivity index (χ1) is 24.1. The van der Waals surface area contributed by atoms with E-state index >= 15 is 0 Å². The van der Waals surface area contributed by atoms with E-state index in [1.807, 2.05) is 0 Å². The number of carbonyl (C=O) groups excluding carboxylic acids is 6. The molecule has 10 atom stereocenters. The summed E-state index contributed by atoms with van der Waals surface area (Å²) < 4.78 is 64.0. The zero-order valence-electron chi connectivity index (χ0n) is 28.3. The summed E-state index contributed by atoms with van der Waals surface area (Å²) in [6.07, 6.45) is -11.6. The number of ether oxygens (including phenoxy) is 10. The van der Waals surface area contributed by atoms with Crippen molar-refractivity contribution in [3.63, 3.8) is 0 Å². The lowest BCUT2D eigenvalue weighted by molar-refractivity contribution is -0.332. The van der Waals surface area contributed by atoms with Crippen LogP contribution in [0, 0.1) is 11.8 Å². The Morgan fingerprint density at radius 1 is 0.569 bits per heavy atom. The maximum absolute atomic E-state index is 12.7. The molecule has 3 aliphatic heterocycles. The molecule has 2 saturated heterocycles. The fourth-order valence-corrected chi connectivity index (χ4v) is 6.39. The lowest BCUT2D eigenvalue weighted by atomic mass is 9.74. The van der Waals surface area contributed by atoms with Gasteiger partial charge in [-0.15, -0.1) is 0 Å². The van der Waals surface area contributed by atoms with Crippen molar-refractivity contribution in [2.75, 3.05) is 13.2 Å². The van der Waals surface area contributed by atoms with E-state index in [-0.39, 0.29) is 17.1 Å². The van der Waals surface area contributed by atoms with Gasteiger partial charge < -0.3 is 51.8 Å². The molecule has 18 heteroatoms. The van der Waals surface area contributed by atoms with Crippen LogP contribution >= 0.6 is 0 Å². The Morgan fingerprint density at radius 2 is 0.980 bits per heavy atom. The Labute approximate surface area is 289 Å². The lowest BCUT2D eigenvalue weighted by Gasteiger charge is -2.53. The second kappa shape index (κ2) is 15.3. The number of benzene rings is 1. The number of hydrogen-bond acceptors (Lipinski definition) is 18. The lowest BCUT2D eigenvalue weighted by Crippen LogP contribution is -2.69.